The molecule has 15 aromatic rings. The molecular formula is C86H69BrClF7N20O10. The highest BCUT2D eigenvalue weighted by atomic mass is 79.9. The van der Waals surface area contributed by atoms with Gasteiger partial charge in [-0.15, -0.1) is 13.2 Å². The molecule has 0 bridgehead atoms. The molecule has 0 saturated carbocycles. The fraction of sp³-hybridized carbons (Fsp3) is 0.221. The van der Waals surface area contributed by atoms with Crippen LogP contribution in [0.1, 0.15) is 71.1 Å². The topological polar surface area (TPSA) is 340 Å². The summed E-state index contributed by atoms with van der Waals surface area (Å²) >= 11 is 9.15. The van der Waals surface area contributed by atoms with Crippen LogP contribution >= 0.6 is 27.5 Å². The van der Waals surface area contributed by atoms with E-state index >= 15 is 0 Å². The van der Waals surface area contributed by atoms with E-state index in [1.165, 1.54) is 41.3 Å². The third-order valence-electron chi connectivity index (χ3n) is 21.4. The summed E-state index contributed by atoms with van der Waals surface area (Å²) in [7, 11) is 0. The number of carbonyl (C=O) groups excluding carboxylic acids is 9. The van der Waals surface area contributed by atoms with Crippen molar-refractivity contribution in [2.75, 3.05) is 35.6 Å². The maximum atomic E-state index is 14.6. The van der Waals surface area contributed by atoms with Crippen molar-refractivity contribution in [2.24, 2.45) is 0 Å². The molecule has 6 atom stereocenters. The quantitative estimate of drug-likeness (QED) is 0.0384. The first kappa shape index (κ1) is 84.2. The molecule has 3 fully saturated rings. The van der Waals surface area contributed by atoms with Crippen LogP contribution in [0.2, 0.25) is 5.15 Å². The van der Waals surface area contributed by atoms with Gasteiger partial charge < -0.3 is 49.1 Å². The van der Waals surface area contributed by atoms with E-state index in [-0.39, 0.29) is 73.9 Å². The first-order chi connectivity index (χ1) is 59.9. The van der Waals surface area contributed by atoms with Gasteiger partial charge in [0.05, 0.1) is 37.7 Å². The standard InChI is InChI=1S/C30H23F5N6O4.C28H23BrFN7O3.C28H23ClFN7O3/c1-16(42)21-14-39(23-6-5-17(9-20(21)23)18-11-36-26-7-8-37-41(26)12-18)15-27(43)40-13-19(31)10-24(40)29(44)38-22-3-2-4-25(28(22)32)45-30(33,34)35;1-16(38)21-14-36(22-6-5-17(9-20(21)22)18-11-32-28-31-7-8-35(28)12-18)15-26(39)37-13-19(30)10-23(37)27(40)34-25-4-2-3-24(29)33-25;1-16(38)21-14-35(22-6-5-17(9-20(21)22)18-11-31-26-7-8-32-37(26)12-18)15-27(39)36-13-19(30)10-23(36)28(40)34-25-4-2-3-24(29)33-25/h2-9,11-12,14,19,24H,10,13,15H2,1H3,(H,38,44);2*2-9,11-12,14,19,23H,10,13,15H2,1H3,(H,33,34,40)/t19-,24+;2*19-,23+/m111/s1. The number of halogens is 9. The molecule has 14 heterocycles. The third kappa shape index (κ3) is 18.1. The van der Waals surface area contributed by atoms with Crippen LogP contribution in [0.4, 0.5) is 48.1 Å². The summed E-state index contributed by atoms with van der Waals surface area (Å²) in [5, 5.41) is 18.0. The number of carbonyl (C=O) groups is 9. The zero-order valence-corrected chi connectivity index (χ0v) is 68.3. The van der Waals surface area contributed by atoms with Crippen LogP contribution < -0.4 is 20.7 Å². The molecule has 0 aliphatic carbocycles. The van der Waals surface area contributed by atoms with E-state index in [2.05, 4.69) is 76.7 Å². The van der Waals surface area contributed by atoms with Crippen molar-refractivity contribution in [3.63, 3.8) is 0 Å². The molecule has 39 heteroatoms. The Morgan fingerprint density at radius 3 is 1.33 bits per heavy atom. The van der Waals surface area contributed by atoms with Gasteiger partial charge in [-0.05, 0) is 126 Å². The summed E-state index contributed by atoms with van der Waals surface area (Å²) in [6, 6.07) is 29.3. The van der Waals surface area contributed by atoms with Crippen LogP contribution in [0, 0.1) is 5.82 Å². The van der Waals surface area contributed by atoms with Crippen molar-refractivity contribution < 1.29 is 78.6 Å². The van der Waals surface area contributed by atoms with E-state index in [4.69, 9.17) is 11.6 Å². The number of Topliss-reactive ketones (excluding diaryl/α,β-unsaturated/α-hetero) is 3. The number of pyridine rings is 2. The van der Waals surface area contributed by atoms with Crippen LogP contribution in [0.25, 0.3) is 83.2 Å². The number of hydrogen-bond donors (Lipinski definition) is 3. The third-order valence-corrected chi connectivity index (χ3v) is 22.1. The molecular weight excluding hydrogens is 1720 g/mol. The Bertz CT molecular complexity index is 6590. The second-order valence-electron chi connectivity index (χ2n) is 29.8. The van der Waals surface area contributed by atoms with E-state index in [9.17, 15) is 73.9 Å². The van der Waals surface area contributed by atoms with Crippen molar-refractivity contribution in [1.29, 1.82) is 0 Å². The van der Waals surface area contributed by atoms with Gasteiger partial charge in [-0.1, -0.05) is 48.0 Å². The van der Waals surface area contributed by atoms with E-state index in [1.807, 2.05) is 53.2 Å². The molecule has 3 N–H and O–H groups in total. The Kier molecular flexibility index (Phi) is 23.5. The van der Waals surface area contributed by atoms with Gasteiger partial charge in [0.15, 0.2) is 40.2 Å². The highest BCUT2D eigenvalue weighted by molar-refractivity contribution is 9.10. The lowest BCUT2D eigenvalue weighted by Gasteiger charge is -2.24. The number of likely N-dealkylation sites (tertiary alicyclic amines) is 3. The number of hydrogen-bond acceptors (Lipinski definition) is 18. The van der Waals surface area contributed by atoms with Gasteiger partial charge in [0.1, 0.15) is 77.7 Å². The zero-order valence-electron chi connectivity index (χ0n) is 66.0. The lowest BCUT2D eigenvalue weighted by Crippen LogP contribution is -2.44. The number of aromatic nitrogens is 14. The zero-order chi connectivity index (χ0) is 88.0. The van der Waals surface area contributed by atoms with Gasteiger partial charge in [-0.3, -0.25) is 47.6 Å². The maximum Gasteiger partial charge on any atom is 0.573 e. The normalized spacial score (nSPS) is 16.9. The molecule has 4 aromatic carbocycles. The highest BCUT2D eigenvalue weighted by Crippen LogP contribution is 2.37. The molecule has 6 amide bonds. The van der Waals surface area contributed by atoms with Gasteiger partial charge in [0.25, 0.3) is 0 Å². The Labute approximate surface area is 715 Å². The largest absolute Gasteiger partial charge is 0.573 e. The number of alkyl halides is 6. The minimum atomic E-state index is -5.17. The molecule has 0 spiro atoms. The van der Waals surface area contributed by atoms with Crippen molar-refractivity contribution in [3.05, 3.63) is 234 Å². The number of imidazole rings is 1. The van der Waals surface area contributed by atoms with E-state index < -0.39 is 109 Å². The average molecular weight is 1790 g/mol. The van der Waals surface area contributed by atoms with Crippen LogP contribution in [0.3, 0.4) is 0 Å². The number of rotatable bonds is 19. The van der Waals surface area contributed by atoms with Gasteiger partial charge in [-0.2, -0.15) is 10.2 Å². The van der Waals surface area contributed by atoms with Crippen LogP contribution in [0.5, 0.6) is 5.75 Å². The van der Waals surface area contributed by atoms with Crippen molar-refractivity contribution in [1.82, 2.24) is 81.9 Å². The van der Waals surface area contributed by atoms with Crippen LogP contribution in [0.15, 0.2) is 206 Å². The van der Waals surface area contributed by atoms with Gasteiger partial charge in [-0.25, -0.2) is 56.5 Å². The Hall–Kier alpha value is -14.4. The Morgan fingerprint density at radius 1 is 0.480 bits per heavy atom. The van der Waals surface area contributed by atoms with Crippen molar-refractivity contribution >= 4 is 147 Å². The summed E-state index contributed by atoms with van der Waals surface area (Å²) in [4.78, 5) is 146. The number of ether oxygens (including phenoxy) is 1. The molecule has 18 rings (SSSR count). The van der Waals surface area contributed by atoms with E-state index in [0.29, 0.717) is 76.9 Å². The lowest BCUT2D eigenvalue weighted by atomic mass is 10.0. The number of amides is 6. The molecule has 0 radical (unpaired) electrons. The predicted octanol–water partition coefficient (Wildman–Crippen LogP) is 13.6. The predicted molar refractivity (Wildman–Crippen MR) is 447 cm³/mol. The van der Waals surface area contributed by atoms with Gasteiger partial charge in [0.2, 0.25) is 41.2 Å². The van der Waals surface area contributed by atoms with Gasteiger partial charge in [0, 0.05) is 166 Å². The molecule has 0 unspecified atom stereocenters. The minimum absolute atomic E-state index is 0.102. The summed E-state index contributed by atoms with van der Waals surface area (Å²) in [6.45, 7) is 2.81. The fourth-order valence-electron chi connectivity index (χ4n) is 15.6. The minimum Gasteiger partial charge on any atom is -0.403 e. The Balaban J connectivity index is 0.000000139. The van der Waals surface area contributed by atoms with Crippen molar-refractivity contribution in [2.45, 2.75) is 103 Å². The van der Waals surface area contributed by atoms with E-state index in [0.717, 1.165) is 56.5 Å². The summed E-state index contributed by atoms with van der Waals surface area (Å²) in [5.74, 6) is -5.68. The summed E-state index contributed by atoms with van der Waals surface area (Å²) in [5.41, 5.74) is 8.66. The Morgan fingerprint density at radius 2 is 0.896 bits per heavy atom. The number of benzene rings is 4. The summed E-state index contributed by atoms with van der Waals surface area (Å²) < 4.78 is 110. The number of anilines is 3. The second-order valence-corrected chi connectivity index (χ2v) is 31.0. The van der Waals surface area contributed by atoms with Crippen LogP contribution in [-0.4, -0.2) is 197 Å². The molecule has 3 saturated heterocycles. The second kappa shape index (κ2) is 34.8. The fourth-order valence-corrected chi connectivity index (χ4v) is 16.1. The molecule has 30 nitrogen and oxygen atoms in total. The number of nitrogens with one attached hydrogen (secondary N) is 3. The molecule has 636 valence electrons. The lowest BCUT2D eigenvalue weighted by molar-refractivity contribution is -0.275. The first-order valence-corrected chi connectivity index (χ1v) is 39.9. The number of ketones is 3. The maximum absolute atomic E-state index is 14.6. The summed E-state index contributed by atoms with van der Waals surface area (Å²) in [6.07, 6.45) is 12.1. The van der Waals surface area contributed by atoms with Crippen molar-refractivity contribution in [3.8, 4) is 39.1 Å². The monoisotopic (exact) mass is 1790 g/mol. The number of fused-ring (bicyclic) bond motifs is 6. The first-order valence-electron chi connectivity index (χ1n) is 38.7. The smallest absolute Gasteiger partial charge is 0.403 e. The molecule has 125 heavy (non-hydrogen) atoms. The highest BCUT2D eigenvalue weighted by Gasteiger charge is 2.44. The van der Waals surface area contributed by atoms with E-state index in [1.54, 1.807) is 147 Å². The molecule has 3 aliphatic heterocycles. The number of nitrogens with zero attached hydrogens (tertiary/aromatic N) is 17. The van der Waals surface area contributed by atoms with Gasteiger partial charge >= 0.3 is 6.36 Å². The SMILES string of the molecule is CC(=O)c1cn(CC(=O)N2C[C@H](F)C[C@H]2C(=O)Nc2cccc(Br)n2)c2ccc(-c3cnc4nccn4c3)cc12.CC(=O)c1cn(CC(=O)N2C[C@H](F)C[C@H]2C(=O)Nc2cccc(Cl)n2)c2ccc(-c3cnc4ccnn4c3)cc12.CC(=O)c1cn(CC(=O)N2C[C@H](F)C[C@H]2C(=O)Nc2cccc(OC(F)(F)F)c2F)c2ccc(-c3cnc4ccnn4c3)cc12. The average Bonchev–Trinajstić information content (AvgIpc) is 1.63. The van der Waals surface area contributed by atoms with Crippen LogP contribution in [-0.2, 0) is 48.4 Å². The molecule has 11 aromatic heterocycles. The molecule has 3 aliphatic rings.